The van der Waals surface area contributed by atoms with Crippen molar-refractivity contribution in [3.63, 3.8) is 0 Å². The van der Waals surface area contributed by atoms with E-state index in [0.717, 1.165) is 25.1 Å². The maximum Gasteiger partial charge on any atom is 0.230 e. The third-order valence-electron chi connectivity index (χ3n) is 3.72. The molecule has 2 N–H and O–H groups in total. The van der Waals surface area contributed by atoms with E-state index in [9.17, 15) is 4.79 Å². The first-order valence-corrected chi connectivity index (χ1v) is 7.59. The Morgan fingerprint density at radius 3 is 2.32 bits per heavy atom. The summed E-state index contributed by atoms with van der Waals surface area (Å²) in [6, 6.07) is 8.29. The maximum absolute atomic E-state index is 12.3. The lowest BCUT2D eigenvalue weighted by atomic mass is 9.83. The first-order chi connectivity index (χ1) is 10.0. The van der Waals surface area contributed by atoms with Crippen LogP contribution in [0.25, 0.3) is 0 Å². The molecule has 4 nitrogen and oxygen atoms in total. The Labute approximate surface area is 140 Å². The highest BCUT2D eigenvalue weighted by Gasteiger charge is 2.29. The number of methoxy groups -OCH3 is 1. The molecule has 1 aromatic rings. The third kappa shape index (κ3) is 6.34. The van der Waals surface area contributed by atoms with Gasteiger partial charge < -0.3 is 15.4 Å². The van der Waals surface area contributed by atoms with Gasteiger partial charge >= 0.3 is 0 Å². The van der Waals surface area contributed by atoms with Crippen molar-refractivity contribution >= 4 is 18.3 Å². The topological polar surface area (TPSA) is 50.4 Å². The molecule has 0 bridgehead atoms. The van der Waals surface area contributed by atoms with Crippen molar-refractivity contribution in [3.05, 3.63) is 35.4 Å². The number of aryl methyl sites for hydroxylation is 1. The second kappa shape index (κ2) is 10.6. The molecule has 22 heavy (non-hydrogen) atoms. The zero-order valence-electron chi connectivity index (χ0n) is 14.1. The van der Waals surface area contributed by atoms with Crippen molar-refractivity contribution in [3.8, 4) is 0 Å². The highest BCUT2D eigenvalue weighted by molar-refractivity contribution is 5.87. The van der Waals surface area contributed by atoms with Crippen molar-refractivity contribution in [1.82, 2.24) is 10.6 Å². The summed E-state index contributed by atoms with van der Waals surface area (Å²) in [5.74, 6) is 0.0558. The van der Waals surface area contributed by atoms with E-state index >= 15 is 0 Å². The molecule has 0 radical (unpaired) electrons. The average molecular weight is 329 g/mol. The fraction of sp³-hybridized carbons (Fsp3) is 0.588. The Hall–Kier alpha value is -1.10. The minimum absolute atomic E-state index is 0. The van der Waals surface area contributed by atoms with Crippen LogP contribution in [0.5, 0.6) is 0 Å². The van der Waals surface area contributed by atoms with Crippen LogP contribution in [0, 0.1) is 0 Å². The van der Waals surface area contributed by atoms with Gasteiger partial charge in [-0.15, -0.1) is 12.4 Å². The van der Waals surface area contributed by atoms with Gasteiger partial charge in [-0.3, -0.25) is 4.79 Å². The molecule has 126 valence electrons. The van der Waals surface area contributed by atoms with Crippen molar-refractivity contribution in [2.45, 2.75) is 32.6 Å². The summed E-state index contributed by atoms with van der Waals surface area (Å²) in [5.41, 5.74) is 1.82. The summed E-state index contributed by atoms with van der Waals surface area (Å²) in [4.78, 5) is 12.3. The SMILES string of the molecule is CCc1ccc(C(C)(C)C(=O)NCCNCCOC)cc1.Cl. The molecule has 0 saturated carbocycles. The zero-order chi connectivity index (χ0) is 15.7. The number of ether oxygens (including phenoxy) is 1. The molecule has 1 rings (SSSR count). The molecule has 0 aliphatic carbocycles. The normalized spacial score (nSPS) is 10.9. The van der Waals surface area contributed by atoms with Crippen LogP contribution >= 0.6 is 12.4 Å². The van der Waals surface area contributed by atoms with Crippen LogP contribution < -0.4 is 10.6 Å². The molecule has 0 saturated heterocycles. The second-order valence-electron chi connectivity index (χ2n) is 5.67. The van der Waals surface area contributed by atoms with Gasteiger partial charge in [-0.25, -0.2) is 0 Å². The van der Waals surface area contributed by atoms with E-state index in [0.29, 0.717) is 13.2 Å². The van der Waals surface area contributed by atoms with Gasteiger partial charge in [0.1, 0.15) is 0 Å². The van der Waals surface area contributed by atoms with Gasteiger partial charge in [0.25, 0.3) is 0 Å². The van der Waals surface area contributed by atoms with Crippen LogP contribution in [0.15, 0.2) is 24.3 Å². The van der Waals surface area contributed by atoms with Crippen molar-refractivity contribution in [1.29, 1.82) is 0 Å². The van der Waals surface area contributed by atoms with E-state index in [1.54, 1.807) is 7.11 Å². The largest absolute Gasteiger partial charge is 0.383 e. The molecule has 0 aliphatic heterocycles. The molecule has 0 heterocycles. The number of carbonyl (C=O) groups excluding carboxylic acids is 1. The Morgan fingerprint density at radius 2 is 1.77 bits per heavy atom. The Balaban J connectivity index is 0.00000441. The lowest BCUT2D eigenvalue weighted by Gasteiger charge is -2.24. The molecule has 0 atom stereocenters. The first kappa shape index (κ1) is 20.9. The van der Waals surface area contributed by atoms with Crippen molar-refractivity contribution in [2.24, 2.45) is 0 Å². The Morgan fingerprint density at radius 1 is 1.14 bits per heavy atom. The molecule has 0 unspecified atom stereocenters. The van der Waals surface area contributed by atoms with Gasteiger partial charge in [0.05, 0.1) is 12.0 Å². The van der Waals surface area contributed by atoms with E-state index in [1.165, 1.54) is 5.56 Å². The summed E-state index contributed by atoms with van der Waals surface area (Å²) < 4.78 is 4.95. The van der Waals surface area contributed by atoms with Crippen molar-refractivity contribution < 1.29 is 9.53 Å². The molecule has 1 aromatic carbocycles. The fourth-order valence-corrected chi connectivity index (χ4v) is 2.07. The highest BCUT2D eigenvalue weighted by atomic mass is 35.5. The minimum Gasteiger partial charge on any atom is -0.383 e. The van der Waals surface area contributed by atoms with Gasteiger partial charge in [0, 0.05) is 26.7 Å². The first-order valence-electron chi connectivity index (χ1n) is 7.59. The molecular weight excluding hydrogens is 300 g/mol. The summed E-state index contributed by atoms with van der Waals surface area (Å²) in [6.07, 6.45) is 1.01. The summed E-state index contributed by atoms with van der Waals surface area (Å²) in [7, 11) is 1.68. The molecule has 0 aliphatic rings. The van der Waals surface area contributed by atoms with Crippen LogP contribution in [0.3, 0.4) is 0 Å². The van der Waals surface area contributed by atoms with Gasteiger partial charge in [0.2, 0.25) is 5.91 Å². The van der Waals surface area contributed by atoms with Crippen LogP contribution in [-0.4, -0.2) is 39.3 Å². The number of hydrogen-bond donors (Lipinski definition) is 2. The lowest BCUT2D eigenvalue weighted by Crippen LogP contribution is -2.42. The number of carbonyl (C=O) groups is 1. The molecule has 1 amide bonds. The van der Waals surface area contributed by atoms with E-state index in [-0.39, 0.29) is 18.3 Å². The second-order valence-corrected chi connectivity index (χ2v) is 5.67. The van der Waals surface area contributed by atoms with Gasteiger partial charge in [-0.1, -0.05) is 31.2 Å². The van der Waals surface area contributed by atoms with Gasteiger partial charge in [-0.05, 0) is 31.4 Å². The summed E-state index contributed by atoms with van der Waals surface area (Å²) >= 11 is 0. The highest BCUT2D eigenvalue weighted by Crippen LogP contribution is 2.23. The molecule has 0 fully saturated rings. The van der Waals surface area contributed by atoms with Crippen LogP contribution in [-0.2, 0) is 21.4 Å². The predicted molar refractivity (Wildman–Crippen MR) is 93.8 cm³/mol. The van der Waals surface area contributed by atoms with Crippen molar-refractivity contribution in [2.75, 3.05) is 33.4 Å². The number of nitrogens with one attached hydrogen (secondary N) is 2. The predicted octanol–water partition coefficient (Wildman–Crippen LogP) is 2.30. The lowest BCUT2D eigenvalue weighted by molar-refractivity contribution is -0.125. The number of halogens is 1. The maximum atomic E-state index is 12.3. The smallest absolute Gasteiger partial charge is 0.230 e. The number of amides is 1. The molecule has 0 spiro atoms. The van der Waals surface area contributed by atoms with Gasteiger partial charge in [-0.2, -0.15) is 0 Å². The minimum atomic E-state index is -0.515. The molecule has 5 heteroatoms. The van der Waals surface area contributed by atoms with E-state index in [4.69, 9.17) is 4.74 Å². The summed E-state index contributed by atoms with van der Waals surface area (Å²) in [6.45, 7) is 8.91. The molecular formula is C17H29ClN2O2. The Bertz CT molecular complexity index is 433. The van der Waals surface area contributed by atoms with Crippen LogP contribution in [0.4, 0.5) is 0 Å². The zero-order valence-corrected chi connectivity index (χ0v) is 14.9. The van der Waals surface area contributed by atoms with Gasteiger partial charge in [0.15, 0.2) is 0 Å². The average Bonchev–Trinajstić information content (AvgIpc) is 2.50. The van der Waals surface area contributed by atoms with Crippen LogP contribution in [0.1, 0.15) is 31.9 Å². The number of hydrogen-bond acceptors (Lipinski definition) is 3. The fourth-order valence-electron chi connectivity index (χ4n) is 2.07. The Kier molecular flexibility index (Phi) is 10.1. The van der Waals surface area contributed by atoms with E-state index in [2.05, 4.69) is 41.8 Å². The monoisotopic (exact) mass is 328 g/mol. The molecule has 0 aromatic heterocycles. The standard InChI is InChI=1S/C17H28N2O2.ClH/c1-5-14-6-8-15(9-7-14)17(2,3)16(20)19-11-10-18-12-13-21-4;/h6-9,18H,5,10-13H2,1-4H3,(H,19,20);1H. The van der Waals surface area contributed by atoms with E-state index < -0.39 is 5.41 Å². The van der Waals surface area contributed by atoms with E-state index in [1.807, 2.05) is 13.8 Å². The summed E-state index contributed by atoms with van der Waals surface area (Å²) in [5, 5.41) is 6.19. The number of benzene rings is 1. The van der Waals surface area contributed by atoms with Crippen LogP contribution in [0.2, 0.25) is 0 Å². The quantitative estimate of drug-likeness (QED) is 0.684. The number of rotatable bonds is 9. The third-order valence-corrected chi connectivity index (χ3v) is 3.72.